The molecule has 1 amide bonds. The fourth-order valence-corrected chi connectivity index (χ4v) is 9.35. The van der Waals surface area contributed by atoms with Gasteiger partial charge in [0.25, 0.3) is 0 Å². The van der Waals surface area contributed by atoms with Gasteiger partial charge >= 0.3 is 17.9 Å². The summed E-state index contributed by atoms with van der Waals surface area (Å²) in [4.78, 5) is 75.4. The van der Waals surface area contributed by atoms with Gasteiger partial charge < -0.3 is 19.9 Å². The Balaban J connectivity index is 1.21. The number of ketones is 2. The molecule has 4 aliphatic carbocycles. The Morgan fingerprint density at radius 3 is 2.37 bits per heavy atom. The maximum absolute atomic E-state index is 13.9. The van der Waals surface area contributed by atoms with E-state index in [4.69, 9.17) is 9.47 Å². The summed E-state index contributed by atoms with van der Waals surface area (Å²) in [7, 11) is 0. The van der Waals surface area contributed by atoms with Crippen LogP contribution in [0.1, 0.15) is 90.5 Å². The summed E-state index contributed by atoms with van der Waals surface area (Å²) in [5.74, 6) is -2.53. The standard InChI is InChI=1S/C36H45NO9/c1-22(38)46-36(18-15-28-26-10-9-24-20-25(39)13-16-34(24,2)27(26)14-17-35(28,36)3)30(40)21-45-32(42)12-11-31(41)37-29(33(43)44)19-23-7-5-4-6-8-23/h4-8,20,26-29H,9-19,21H2,1-3H3,(H,37,41)(H,43,44)/t26-,27-,28-,29-,34+,35+,36-/m1/s1. The molecule has 248 valence electrons. The second-order valence-electron chi connectivity index (χ2n) is 14.1. The minimum atomic E-state index is -1.42. The molecule has 4 aliphatic rings. The highest BCUT2D eigenvalue weighted by atomic mass is 16.6. The number of ether oxygens (including phenoxy) is 2. The summed E-state index contributed by atoms with van der Waals surface area (Å²) < 4.78 is 11.3. The molecule has 0 aliphatic heterocycles. The first-order valence-corrected chi connectivity index (χ1v) is 16.5. The molecule has 0 radical (unpaired) electrons. The number of nitrogens with one attached hydrogen (secondary N) is 1. The van der Waals surface area contributed by atoms with Crippen LogP contribution in [0.2, 0.25) is 0 Å². The van der Waals surface area contributed by atoms with E-state index in [0.717, 1.165) is 31.2 Å². The maximum Gasteiger partial charge on any atom is 0.326 e. The fraction of sp³-hybridized carbons (Fsp3) is 0.611. The molecule has 10 heteroatoms. The normalized spacial score (nSPS) is 32.1. The lowest BCUT2D eigenvalue weighted by atomic mass is 9.46. The van der Waals surface area contributed by atoms with Crippen LogP contribution in [0.5, 0.6) is 0 Å². The van der Waals surface area contributed by atoms with Crippen molar-refractivity contribution in [2.45, 2.75) is 103 Å². The van der Waals surface area contributed by atoms with Crippen molar-refractivity contribution in [1.29, 1.82) is 0 Å². The third-order valence-corrected chi connectivity index (χ3v) is 11.7. The lowest BCUT2D eigenvalue weighted by Crippen LogP contribution is -2.59. The molecule has 1 aromatic carbocycles. The summed E-state index contributed by atoms with van der Waals surface area (Å²) in [5.41, 5.74) is -0.0868. The SMILES string of the molecule is CC(=O)O[C@@]1(C(=O)COC(=O)CCC(=O)N[C@H](Cc2ccccc2)C(=O)O)CC[C@@H]2[C@@H]3CCC4=CC(=O)CC[C@]4(C)[C@@H]3CC[C@@]21C. The highest BCUT2D eigenvalue weighted by Gasteiger charge is 2.68. The molecule has 0 unspecified atom stereocenters. The Labute approximate surface area is 269 Å². The number of rotatable bonds is 11. The summed E-state index contributed by atoms with van der Waals surface area (Å²) in [6.45, 7) is 5.04. The van der Waals surface area contributed by atoms with Gasteiger partial charge in [-0.3, -0.25) is 24.0 Å². The van der Waals surface area contributed by atoms with Gasteiger partial charge in [-0.1, -0.05) is 49.8 Å². The number of allylic oxidation sites excluding steroid dienone is 1. The number of fused-ring (bicyclic) bond motifs is 5. The summed E-state index contributed by atoms with van der Waals surface area (Å²) in [6, 6.07) is 7.74. The van der Waals surface area contributed by atoms with Crippen LogP contribution in [-0.2, 0) is 44.7 Å². The van der Waals surface area contributed by atoms with Crippen LogP contribution in [0.15, 0.2) is 42.0 Å². The average molecular weight is 636 g/mol. The molecule has 3 saturated carbocycles. The van der Waals surface area contributed by atoms with Crippen LogP contribution < -0.4 is 5.32 Å². The molecule has 0 spiro atoms. The van der Waals surface area contributed by atoms with Crippen molar-refractivity contribution in [2.24, 2.45) is 28.6 Å². The third kappa shape index (κ3) is 6.27. The van der Waals surface area contributed by atoms with E-state index < -0.39 is 53.3 Å². The monoisotopic (exact) mass is 635 g/mol. The number of benzene rings is 1. The largest absolute Gasteiger partial charge is 0.480 e. The molecule has 0 saturated heterocycles. The molecule has 10 nitrogen and oxygen atoms in total. The van der Waals surface area contributed by atoms with Gasteiger partial charge in [0.15, 0.2) is 18.0 Å². The first-order chi connectivity index (χ1) is 21.8. The predicted octanol–water partition coefficient (Wildman–Crippen LogP) is 4.52. The van der Waals surface area contributed by atoms with E-state index >= 15 is 0 Å². The van der Waals surface area contributed by atoms with E-state index in [0.29, 0.717) is 37.5 Å². The summed E-state index contributed by atoms with van der Waals surface area (Å²) in [6.07, 6.45) is 7.10. The van der Waals surface area contributed by atoms with Crippen molar-refractivity contribution in [3.8, 4) is 0 Å². The topological polar surface area (TPSA) is 153 Å². The number of hydrogen-bond donors (Lipinski definition) is 2. The molecule has 7 atom stereocenters. The van der Waals surface area contributed by atoms with E-state index in [1.165, 1.54) is 12.5 Å². The van der Waals surface area contributed by atoms with Crippen molar-refractivity contribution >= 4 is 35.4 Å². The van der Waals surface area contributed by atoms with Crippen LogP contribution in [0.3, 0.4) is 0 Å². The van der Waals surface area contributed by atoms with E-state index in [1.807, 2.05) is 19.1 Å². The minimum absolute atomic E-state index is 0.0390. The average Bonchev–Trinajstić information content (AvgIpc) is 3.31. The Hall–Kier alpha value is -3.82. The summed E-state index contributed by atoms with van der Waals surface area (Å²) in [5, 5.41) is 12.0. The van der Waals surface area contributed by atoms with Crippen LogP contribution in [0.25, 0.3) is 0 Å². The molecular weight excluding hydrogens is 590 g/mol. The molecule has 1 aromatic rings. The Morgan fingerprint density at radius 1 is 0.957 bits per heavy atom. The van der Waals surface area contributed by atoms with Gasteiger partial charge in [-0.2, -0.15) is 0 Å². The van der Waals surface area contributed by atoms with Gasteiger partial charge in [0, 0.05) is 31.6 Å². The number of carbonyl (C=O) groups excluding carboxylic acids is 5. The first kappa shape index (κ1) is 33.5. The number of Topliss-reactive ketones (excluding diaryl/α,β-unsaturated/α-hetero) is 1. The minimum Gasteiger partial charge on any atom is -0.480 e. The molecule has 0 bridgehead atoms. The maximum atomic E-state index is 13.9. The van der Waals surface area contributed by atoms with Crippen LogP contribution >= 0.6 is 0 Å². The fourth-order valence-electron chi connectivity index (χ4n) is 9.35. The van der Waals surface area contributed by atoms with Crippen molar-refractivity contribution in [1.82, 2.24) is 5.32 Å². The zero-order chi connectivity index (χ0) is 33.3. The van der Waals surface area contributed by atoms with E-state index in [2.05, 4.69) is 12.2 Å². The quantitative estimate of drug-likeness (QED) is 0.334. The molecule has 5 rings (SSSR count). The molecule has 2 N–H and O–H groups in total. The van der Waals surface area contributed by atoms with Gasteiger partial charge in [-0.15, -0.1) is 0 Å². The molecule has 46 heavy (non-hydrogen) atoms. The Morgan fingerprint density at radius 2 is 1.67 bits per heavy atom. The predicted molar refractivity (Wildman–Crippen MR) is 166 cm³/mol. The lowest BCUT2D eigenvalue weighted by Gasteiger charge is -2.59. The highest BCUT2D eigenvalue weighted by Crippen LogP contribution is 2.68. The number of amides is 1. The number of hydrogen-bond acceptors (Lipinski definition) is 8. The first-order valence-electron chi connectivity index (χ1n) is 16.5. The van der Waals surface area contributed by atoms with Crippen molar-refractivity contribution in [2.75, 3.05) is 6.61 Å². The van der Waals surface area contributed by atoms with E-state index in [9.17, 15) is 33.9 Å². The zero-order valence-electron chi connectivity index (χ0n) is 27.0. The van der Waals surface area contributed by atoms with Crippen molar-refractivity contribution in [3.05, 3.63) is 47.5 Å². The summed E-state index contributed by atoms with van der Waals surface area (Å²) >= 11 is 0. The lowest BCUT2D eigenvalue weighted by molar-refractivity contribution is -0.191. The smallest absolute Gasteiger partial charge is 0.326 e. The second-order valence-corrected chi connectivity index (χ2v) is 14.1. The molecule has 3 fully saturated rings. The Kier molecular flexibility index (Phi) is 9.57. The Bertz CT molecular complexity index is 1440. The number of carboxylic acids is 1. The van der Waals surface area contributed by atoms with Crippen LogP contribution in [0.4, 0.5) is 0 Å². The van der Waals surface area contributed by atoms with Crippen LogP contribution in [-0.4, -0.2) is 58.7 Å². The highest BCUT2D eigenvalue weighted by molar-refractivity contribution is 5.94. The third-order valence-electron chi connectivity index (χ3n) is 11.7. The van der Waals surface area contributed by atoms with Crippen molar-refractivity contribution in [3.63, 3.8) is 0 Å². The van der Waals surface area contributed by atoms with E-state index in [-0.39, 0.29) is 36.4 Å². The van der Waals surface area contributed by atoms with Gasteiger partial charge in [0.2, 0.25) is 11.7 Å². The van der Waals surface area contributed by atoms with Gasteiger partial charge in [0.1, 0.15) is 6.04 Å². The number of carbonyl (C=O) groups is 6. The van der Waals surface area contributed by atoms with Gasteiger partial charge in [-0.25, -0.2) is 4.79 Å². The number of aliphatic carboxylic acids is 1. The molecule has 0 heterocycles. The molecule has 0 aromatic heterocycles. The van der Waals surface area contributed by atoms with Crippen molar-refractivity contribution < 1.29 is 43.3 Å². The number of esters is 2. The second kappa shape index (κ2) is 13.1. The molecular formula is C36H45NO9. The van der Waals surface area contributed by atoms with Gasteiger partial charge in [0.05, 0.1) is 6.42 Å². The van der Waals surface area contributed by atoms with E-state index in [1.54, 1.807) is 24.3 Å². The van der Waals surface area contributed by atoms with Crippen LogP contribution in [0, 0.1) is 28.6 Å². The zero-order valence-corrected chi connectivity index (χ0v) is 27.0. The van der Waals surface area contributed by atoms with Gasteiger partial charge in [-0.05, 0) is 79.8 Å². The number of carboxylic acid groups (broad SMARTS) is 1.